The van der Waals surface area contributed by atoms with Crippen LogP contribution in [0.25, 0.3) is 6.08 Å². The van der Waals surface area contributed by atoms with E-state index in [0.29, 0.717) is 0 Å². The van der Waals surface area contributed by atoms with E-state index in [2.05, 4.69) is 56.3 Å². The molecule has 0 atom stereocenters. The standard InChI is InChI=1S/C22H26OS/c1-3-5-17-23-21-14-9-19(10-15-21)11-16-22(24)20-12-7-18(6-4-2)8-13-20/h7-16H,3-6,17H2,1-2H3. The molecule has 2 heteroatoms. The Labute approximate surface area is 151 Å². The van der Waals surface area contributed by atoms with Crippen molar-refractivity contribution < 1.29 is 4.74 Å². The zero-order valence-corrected chi connectivity index (χ0v) is 15.4. The molecular weight excluding hydrogens is 312 g/mol. The maximum atomic E-state index is 5.68. The first-order valence-electron chi connectivity index (χ1n) is 8.77. The van der Waals surface area contributed by atoms with E-state index in [1.54, 1.807) is 0 Å². The van der Waals surface area contributed by atoms with Crippen LogP contribution >= 0.6 is 12.2 Å². The molecule has 0 heterocycles. The van der Waals surface area contributed by atoms with Crippen molar-refractivity contribution in [1.29, 1.82) is 0 Å². The topological polar surface area (TPSA) is 9.23 Å². The van der Waals surface area contributed by atoms with Crippen LogP contribution in [0.15, 0.2) is 54.6 Å². The van der Waals surface area contributed by atoms with Gasteiger partial charge in [0.15, 0.2) is 0 Å². The molecule has 0 radical (unpaired) electrons. The highest BCUT2D eigenvalue weighted by molar-refractivity contribution is 7.81. The Morgan fingerprint density at radius 1 is 0.958 bits per heavy atom. The molecule has 0 aliphatic rings. The number of ether oxygens (including phenoxy) is 1. The van der Waals surface area contributed by atoms with Crippen molar-refractivity contribution in [2.24, 2.45) is 0 Å². The van der Waals surface area contributed by atoms with Gasteiger partial charge in [0.05, 0.1) is 6.61 Å². The average molecular weight is 339 g/mol. The molecule has 1 nitrogen and oxygen atoms in total. The quantitative estimate of drug-likeness (QED) is 0.231. The normalized spacial score (nSPS) is 10.9. The lowest BCUT2D eigenvalue weighted by atomic mass is 10.1. The van der Waals surface area contributed by atoms with E-state index >= 15 is 0 Å². The van der Waals surface area contributed by atoms with Gasteiger partial charge in [-0.25, -0.2) is 0 Å². The highest BCUT2D eigenvalue weighted by atomic mass is 32.1. The SMILES string of the molecule is CCCCOc1ccc(C=CC(=S)c2ccc(CCC)cc2)cc1. The number of aryl methyl sites for hydroxylation is 1. The molecule has 2 rings (SSSR count). The van der Waals surface area contributed by atoms with Gasteiger partial charge >= 0.3 is 0 Å². The number of rotatable bonds is 9. The molecule has 0 aliphatic carbocycles. The Morgan fingerprint density at radius 3 is 2.29 bits per heavy atom. The third-order valence-electron chi connectivity index (χ3n) is 3.85. The van der Waals surface area contributed by atoms with Gasteiger partial charge in [-0.15, -0.1) is 0 Å². The van der Waals surface area contributed by atoms with Crippen molar-refractivity contribution in [1.82, 2.24) is 0 Å². The molecule has 0 bridgehead atoms. The summed E-state index contributed by atoms with van der Waals surface area (Å²) in [6, 6.07) is 16.7. The third kappa shape index (κ3) is 5.93. The molecule has 0 saturated heterocycles. The summed E-state index contributed by atoms with van der Waals surface area (Å²) in [5.74, 6) is 0.926. The van der Waals surface area contributed by atoms with Crippen LogP contribution in [-0.2, 0) is 6.42 Å². The Bertz CT molecular complexity index is 653. The Balaban J connectivity index is 1.93. The summed E-state index contributed by atoms with van der Waals surface area (Å²) in [4.78, 5) is 0.862. The number of allylic oxidation sites excluding steroid dienone is 1. The molecule has 0 aliphatic heterocycles. The first-order chi connectivity index (χ1) is 11.7. The minimum absolute atomic E-state index is 0.782. The van der Waals surface area contributed by atoms with Crippen molar-refractivity contribution in [2.45, 2.75) is 39.5 Å². The number of hydrogen-bond donors (Lipinski definition) is 0. The molecule has 0 N–H and O–H groups in total. The fourth-order valence-corrected chi connectivity index (χ4v) is 2.61. The molecule has 0 fully saturated rings. The molecular formula is C22H26OS. The summed E-state index contributed by atoms with van der Waals surface area (Å²) >= 11 is 5.51. The molecule has 2 aromatic rings. The number of hydrogen-bond acceptors (Lipinski definition) is 2. The summed E-state index contributed by atoms with van der Waals surface area (Å²) < 4.78 is 5.68. The predicted octanol–water partition coefficient (Wildman–Crippen LogP) is 6.25. The van der Waals surface area contributed by atoms with Gasteiger partial charge in [0, 0.05) is 4.86 Å². The van der Waals surface area contributed by atoms with E-state index in [1.165, 1.54) is 12.0 Å². The highest BCUT2D eigenvalue weighted by Crippen LogP contribution is 2.15. The fourth-order valence-electron chi connectivity index (χ4n) is 2.40. The van der Waals surface area contributed by atoms with Crippen molar-refractivity contribution in [3.05, 3.63) is 71.3 Å². The molecule has 0 spiro atoms. The molecule has 0 amide bonds. The number of thiocarbonyl (C=S) groups is 1. The third-order valence-corrected chi connectivity index (χ3v) is 4.22. The van der Waals surface area contributed by atoms with Crippen LogP contribution in [-0.4, -0.2) is 11.5 Å². The van der Waals surface area contributed by atoms with Gasteiger partial charge in [-0.05, 0) is 47.7 Å². The average Bonchev–Trinajstić information content (AvgIpc) is 2.62. The highest BCUT2D eigenvalue weighted by Gasteiger charge is 1.99. The molecule has 0 unspecified atom stereocenters. The molecule has 2 aromatic carbocycles. The van der Waals surface area contributed by atoms with Crippen LogP contribution in [0.1, 0.15) is 49.8 Å². The first kappa shape index (κ1) is 18.4. The molecule has 0 aromatic heterocycles. The summed E-state index contributed by atoms with van der Waals surface area (Å²) in [5.41, 5.74) is 3.59. The van der Waals surface area contributed by atoms with Crippen molar-refractivity contribution in [3.63, 3.8) is 0 Å². The summed E-state index contributed by atoms with van der Waals surface area (Å²) in [5, 5.41) is 0. The second-order valence-electron chi connectivity index (χ2n) is 5.92. The largest absolute Gasteiger partial charge is 0.494 e. The molecule has 0 saturated carbocycles. The van der Waals surface area contributed by atoms with Crippen LogP contribution in [0.3, 0.4) is 0 Å². The lowest BCUT2D eigenvalue weighted by Gasteiger charge is -2.05. The Hall–Kier alpha value is -1.93. The van der Waals surface area contributed by atoms with Crippen molar-refractivity contribution in [3.8, 4) is 5.75 Å². The van der Waals surface area contributed by atoms with Crippen LogP contribution in [0.4, 0.5) is 0 Å². The fraction of sp³-hybridized carbons (Fsp3) is 0.318. The van der Waals surface area contributed by atoms with E-state index in [0.717, 1.165) is 47.6 Å². The zero-order valence-electron chi connectivity index (χ0n) is 14.6. The van der Waals surface area contributed by atoms with Crippen LogP contribution in [0.2, 0.25) is 0 Å². The smallest absolute Gasteiger partial charge is 0.119 e. The number of benzene rings is 2. The summed E-state index contributed by atoms with van der Waals surface area (Å²) in [6.07, 6.45) is 8.58. The minimum Gasteiger partial charge on any atom is -0.494 e. The van der Waals surface area contributed by atoms with Crippen LogP contribution in [0.5, 0.6) is 5.75 Å². The second-order valence-corrected chi connectivity index (χ2v) is 6.36. The van der Waals surface area contributed by atoms with Gasteiger partial charge in [-0.3, -0.25) is 0 Å². The molecule has 24 heavy (non-hydrogen) atoms. The van der Waals surface area contributed by atoms with E-state index < -0.39 is 0 Å². The summed E-state index contributed by atoms with van der Waals surface area (Å²) in [6.45, 7) is 5.14. The van der Waals surface area contributed by atoms with Crippen LogP contribution < -0.4 is 4.74 Å². The van der Waals surface area contributed by atoms with E-state index in [4.69, 9.17) is 17.0 Å². The van der Waals surface area contributed by atoms with Crippen molar-refractivity contribution in [2.75, 3.05) is 6.61 Å². The molecule has 126 valence electrons. The van der Waals surface area contributed by atoms with E-state index in [-0.39, 0.29) is 0 Å². The van der Waals surface area contributed by atoms with E-state index in [9.17, 15) is 0 Å². The van der Waals surface area contributed by atoms with Crippen LogP contribution in [0, 0.1) is 0 Å². The van der Waals surface area contributed by atoms with Gasteiger partial charge in [0.1, 0.15) is 5.75 Å². The minimum atomic E-state index is 0.782. The Morgan fingerprint density at radius 2 is 1.67 bits per heavy atom. The number of unbranched alkanes of at least 4 members (excludes halogenated alkanes) is 1. The van der Waals surface area contributed by atoms with Crippen molar-refractivity contribution >= 4 is 23.2 Å². The zero-order chi connectivity index (χ0) is 17.2. The van der Waals surface area contributed by atoms with Gasteiger partial charge in [0.2, 0.25) is 0 Å². The summed E-state index contributed by atoms with van der Waals surface area (Å²) in [7, 11) is 0. The van der Waals surface area contributed by atoms with E-state index in [1.807, 2.05) is 18.2 Å². The maximum Gasteiger partial charge on any atom is 0.119 e. The van der Waals surface area contributed by atoms with Gasteiger partial charge in [0.25, 0.3) is 0 Å². The lowest BCUT2D eigenvalue weighted by Crippen LogP contribution is -1.96. The maximum absolute atomic E-state index is 5.68. The first-order valence-corrected chi connectivity index (χ1v) is 9.18. The lowest BCUT2D eigenvalue weighted by molar-refractivity contribution is 0.309. The second kappa shape index (κ2) is 10.0. The Kier molecular flexibility index (Phi) is 7.70. The monoisotopic (exact) mass is 338 g/mol. The van der Waals surface area contributed by atoms with Gasteiger partial charge in [-0.1, -0.05) is 81.4 Å². The predicted molar refractivity (Wildman–Crippen MR) is 108 cm³/mol. The van der Waals surface area contributed by atoms with Gasteiger partial charge in [-0.2, -0.15) is 0 Å². The van der Waals surface area contributed by atoms with Gasteiger partial charge < -0.3 is 4.74 Å².